The van der Waals surface area contributed by atoms with Crippen LogP contribution in [0.2, 0.25) is 0 Å². The molecular weight excluding hydrogens is 396 g/mol. The average molecular weight is 416 g/mol. The van der Waals surface area contributed by atoms with Crippen molar-refractivity contribution in [2.75, 3.05) is 36.5 Å². The molecule has 0 bridgehead atoms. The zero-order valence-corrected chi connectivity index (χ0v) is 16.6. The Bertz CT molecular complexity index is 1250. The van der Waals surface area contributed by atoms with Gasteiger partial charge in [0.25, 0.3) is 5.91 Å². The van der Waals surface area contributed by atoms with Gasteiger partial charge >= 0.3 is 0 Å². The number of aromatic nitrogens is 5. The summed E-state index contributed by atoms with van der Waals surface area (Å²) in [5.41, 5.74) is 8.12. The second-order valence-corrected chi connectivity index (χ2v) is 7.05. The summed E-state index contributed by atoms with van der Waals surface area (Å²) in [5.74, 6) is 0.824. The van der Waals surface area contributed by atoms with Gasteiger partial charge in [-0.05, 0) is 18.2 Å². The third kappa shape index (κ3) is 3.76. The first-order chi connectivity index (χ1) is 15.2. The van der Waals surface area contributed by atoms with Crippen molar-refractivity contribution in [3.05, 3.63) is 54.2 Å². The number of anilines is 3. The Morgan fingerprint density at radius 2 is 1.90 bits per heavy atom. The maximum atomic E-state index is 11.8. The molecule has 2 aromatic heterocycles. The SMILES string of the molecule is NC(=O)c1ccccc1Nc1nc(-c2cccc3[nH]ncc23)nc(N2CCOCC2)n1. The number of primary amides is 1. The Labute approximate surface area is 177 Å². The fourth-order valence-corrected chi connectivity index (χ4v) is 3.54. The number of nitrogens with one attached hydrogen (secondary N) is 2. The van der Waals surface area contributed by atoms with Gasteiger partial charge in [0.05, 0.1) is 36.2 Å². The van der Waals surface area contributed by atoms with Gasteiger partial charge in [0.1, 0.15) is 0 Å². The number of fused-ring (bicyclic) bond motifs is 1. The van der Waals surface area contributed by atoms with E-state index < -0.39 is 5.91 Å². The third-order valence-corrected chi connectivity index (χ3v) is 5.08. The van der Waals surface area contributed by atoms with Gasteiger partial charge in [0, 0.05) is 24.0 Å². The summed E-state index contributed by atoms with van der Waals surface area (Å²) in [6, 6.07) is 12.8. The van der Waals surface area contributed by atoms with E-state index in [0.717, 1.165) is 16.5 Å². The van der Waals surface area contributed by atoms with Gasteiger partial charge in [-0.25, -0.2) is 0 Å². The number of rotatable bonds is 5. The lowest BCUT2D eigenvalue weighted by molar-refractivity contribution is 0.100. The van der Waals surface area contributed by atoms with Gasteiger partial charge in [-0.2, -0.15) is 20.1 Å². The van der Waals surface area contributed by atoms with E-state index in [1.807, 2.05) is 24.3 Å². The largest absolute Gasteiger partial charge is 0.378 e. The summed E-state index contributed by atoms with van der Waals surface area (Å²) in [7, 11) is 0. The molecule has 1 fully saturated rings. The minimum Gasteiger partial charge on any atom is -0.378 e. The Kier molecular flexibility index (Phi) is 4.89. The molecule has 4 aromatic rings. The fraction of sp³-hybridized carbons (Fsp3) is 0.190. The lowest BCUT2D eigenvalue weighted by atomic mass is 10.1. The monoisotopic (exact) mass is 416 g/mol. The van der Waals surface area contributed by atoms with Gasteiger partial charge in [-0.1, -0.05) is 24.3 Å². The van der Waals surface area contributed by atoms with Gasteiger partial charge in [-0.3, -0.25) is 9.89 Å². The zero-order chi connectivity index (χ0) is 21.2. The zero-order valence-electron chi connectivity index (χ0n) is 16.6. The highest BCUT2D eigenvalue weighted by Gasteiger charge is 2.19. The van der Waals surface area contributed by atoms with Crippen molar-refractivity contribution in [1.82, 2.24) is 25.1 Å². The molecule has 0 spiro atoms. The molecule has 3 heterocycles. The molecule has 156 valence electrons. The van der Waals surface area contributed by atoms with Crippen LogP contribution in [0.4, 0.5) is 17.6 Å². The van der Waals surface area contributed by atoms with E-state index in [1.165, 1.54) is 0 Å². The number of benzene rings is 2. The van der Waals surface area contributed by atoms with E-state index >= 15 is 0 Å². The van der Waals surface area contributed by atoms with Crippen LogP contribution in [0.15, 0.2) is 48.7 Å². The van der Waals surface area contributed by atoms with Crippen molar-refractivity contribution >= 4 is 34.4 Å². The number of H-pyrrole nitrogens is 1. The van der Waals surface area contributed by atoms with Crippen molar-refractivity contribution in [2.45, 2.75) is 0 Å². The molecule has 0 atom stereocenters. The minimum absolute atomic E-state index is 0.320. The van der Waals surface area contributed by atoms with Crippen molar-refractivity contribution in [3.8, 4) is 11.4 Å². The van der Waals surface area contributed by atoms with Gasteiger partial charge in [0.15, 0.2) is 5.82 Å². The summed E-state index contributed by atoms with van der Waals surface area (Å²) >= 11 is 0. The first-order valence-electron chi connectivity index (χ1n) is 9.86. The molecule has 1 amide bonds. The Balaban J connectivity index is 1.62. The molecule has 1 aliphatic rings. The summed E-state index contributed by atoms with van der Waals surface area (Å²) < 4.78 is 5.46. The predicted molar refractivity (Wildman–Crippen MR) is 116 cm³/mol. The predicted octanol–water partition coefficient (Wildman–Crippen LogP) is 2.09. The molecule has 4 N–H and O–H groups in total. The lowest BCUT2D eigenvalue weighted by Gasteiger charge is -2.27. The molecule has 1 aliphatic heterocycles. The summed E-state index contributed by atoms with van der Waals surface area (Å²) in [6.07, 6.45) is 1.75. The number of ether oxygens (including phenoxy) is 1. The standard InChI is InChI=1S/C21H20N8O2/c22-18(30)14-4-1-2-6-16(14)24-20-25-19(13-5-3-7-17-15(13)12-23-28-17)26-21(27-20)29-8-10-31-11-9-29/h1-7,12H,8-11H2,(H2,22,30)(H,23,28)(H,24,25,26,27). The van der Waals surface area contributed by atoms with Gasteiger partial charge in [-0.15, -0.1) is 0 Å². The maximum absolute atomic E-state index is 11.8. The van der Waals surface area contributed by atoms with E-state index in [-0.39, 0.29) is 0 Å². The number of para-hydroxylation sites is 1. The number of hydrogen-bond donors (Lipinski definition) is 3. The van der Waals surface area contributed by atoms with Crippen molar-refractivity contribution < 1.29 is 9.53 Å². The molecule has 0 unspecified atom stereocenters. The highest BCUT2D eigenvalue weighted by Crippen LogP contribution is 2.28. The number of amides is 1. The highest BCUT2D eigenvalue weighted by atomic mass is 16.5. The molecule has 31 heavy (non-hydrogen) atoms. The lowest BCUT2D eigenvalue weighted by Crippen LogP contribution is -2.37. The van der Waals surface area contributed by atoms with Crippen LogP contribution in [-0.2, 0) is 4.74 Å². The van der Waals surface area contributed by atoms with Crippen molar-refractivity contribution in [3.63, 3.8) is 0 Å². The van der Waals surface area contributed by atoms with Gasteiger partial charge < -0.3 is 20.7 Å². The number of hydrogen-bond acceptors (Lipinski definition) is 8. The minimum atomic E-state index is -0.533. The van der Waals surface area contributed by atoms with Crippen LogP contribution < -0.4 is 16.0 Å². The average Bonchev–Trinajstić information content (AvgIpc) is 3.29. The van der Waals surface area contributed by atoms with E-state index in [1.54, 1.807) is 24.4 Å². The maximum Gasteiger partial charge on any atom is 0.250 e. The smallest absolute Gasteiger partial charge is 0.250 e. The molecule has 5 rings (SSSR count). The topological polar surface area (TPSA) is 135 Å². The molecule has 0 saturated carbocycles. The van der Waals surface area contributed by atoms with E-state index in [4.69, 9.17) is 15.5 Å². The molecule has 10 nitrogen and oxygen atoms in total. The van der Waals surface area contributed by atoms with Crippen molar-refractivity contribution in [2.24, 2.45) is 5.73 Å². The number of carbonyl (C=O) groups excluding carboxylic acids is 1. The molecule has 2 aromatic carbocycles. The number of nitrogens with zero attached hydrogens (tertiary/aromatic N) is 5. The fourth-order valence-electron chi connectivity index (χ4n) is 3.54. The van der Waals surface area contributed by atoms with Gasteiger partial charge in [0.2, 0.25) is 11.9 Å². The van der Waals surface area contributed by atoms with E-state index in [2.05, 4.69) is 30.4 Å². The first-order valence-corrected chi connectivity index (χ1v) is 9.86. The number of morpholine rings is 1. The molecule has 1 saturated heterocycles. The molecular formula is C21H20N8O2. The van der Waals surface area contributed by atoms with Crippen LogP contribution in [0.1, 0.15) is 10.4 Å². The third-order valence-electron chi connectivity index (χ3n) is 5.08. The molecule has 0 aliphatic carbocycles. The molecule has 0 radical (unpaired) electrons. The quantitative estimate of drug-likeness (QED) is 0.450. The van der Waals surface area contributed by atoms with E-state index in [0.29, 0.717) is 55.3 Å². The van der Waals surface area contributed by atoms with Crippen LogP contribution in [0.3, 0.4) is 0 Å². The second kappa shape index (κ2) is 8.00. The highest BCUT2D eigenvalue weighted by molar-refractivity contribution is 5.99. The van der Waals surface area contributed by atoms with Crippen molar-refractivity contribution in [1.29, 1.82) is 0 Å². The Hall–Kier alpha value is -4.05. The van der Waals surface area contributed by atoms with Crippen LogP contribution >= 0.6 is 0 Å². The number of nitrogens with two attached hydrogens (primary N) is 1. The Morgan fingerprint density at radius 3 is 2.74 bits per heavy atom. The van der Waals surface area contributed by atoms with E-state index in [9.17, 15) is 4.79 Å². The number of carbonyl (C=O) groups is 1. The second-order valence-electron chi connectivity index (χ2n) is 7.05. The number of aromatic amines is 1. The van der Waals surface area contributed by atoms with Crippen LogP contribution in [0.25, 0.3) is 22.3 Å². The summed E-state index contributed by atoms with van der Waals surface area (Å²) in [6.45, 7) is 2.56. The first kappa shape index (κ1) is 18.9. The Morgan fingerprint density at radius 1 is 1.06 bits per heavy atom. The summed E-state index contributed by atoms with van der Waals surface area (Å²) in [5, 5.41) is 11.1. The molecule has 10 heteroatoms. The normalized spacial score (nSPS) is 14.0. The van der Waals surface area contributed by atoms with Crippen LogP contribution in [0, 0.1) is 0 Å². The van der Waals surface area contributed by atoms with Crippen LogP contribution in [-0.4, -0.2) is 57.4 Å². The van der Waals surface area contributed by atoms with Crippen LogP contribution in [0.5, 0.6) is 0 Å². The summed E-state index contributed by atoms with van der Waals surface area (Å²) in [4.78, 5) is 27.9.